The summed E-state index contributed by atoms with van der Waals surface area (Å²) in [5, 5.41) is 3.40. The maximum absolute atomic E-state index is 11.7. The van der Waals surface area contributed by atoms with Crippen molar-refractivity contribution in [2.24, 2.45) is 0 Å². The zero-order chi connectivity index (χ0) is 10.7. The van der Waals surface area contributed by atoms with Crippen LogP contribution in [0.3, 0.4) is 0 Å². The highest BCUT2D eigenvalue weighted by atomic mass is 16.1. The average molecular weight is 203 g/mol. The van der Waals surface area contributed by atoms with Gasteiger partial charge in [0.1, 0.15) is 0 Å². The molecule has 0 unspecified atom stereocenters. The first-order valence-electron chi connectivity index (χ1n) is 5.57. The SMILES string of the molecule is CC(=O)C1(Nc2ccccc2)CCCC1. The Bertz CT molecular complexity index is 339. The second-order valence-electron chi connectivity index (χ2n) is 4.34. The van der Waals surface area contributed by atoms with E-state index in [1.165, 1.54) is 0 Å². The molecule has 0 saturated heterocycles. The van der Waals surface area contributed by atoms with Crippen LogP contribution in [-0.4, -0.2) is 11.3 Å². The topological polar surface area (TPSA) is 29.1 Å². The first-order chi connectivity index (χ1) is 7.23. The molecule has 1 aliphatic rings. The Morgan fingerprint density at radius 2 is 1.80 bits per heavy atom. The highest BCUT2D eigenvalue weighted by Crippen LogP contribution is 2.33. The van der Waals surface area contributed by atoms with E-state index in [1.54, 1.807) is 6.92 Å². The van der Waals surface area contributed by atoms with E-state index in [9.17, 15) is 4.79 Å². The van der Waals surface area contributed by atoms with E-state index in [4.69, 9.17) is 0 Å². The van der Waals surface area contributed by atoms with Crippen LogP contribution in [0.15, 0.2) is 30.3 Å². The van der Waals surface area contributed by atoms with E-state index in [0.717, 1.165) is 31.4 Å². The second-order valence-corrected chi connectivity index (χ2v) is 4.34. The maximum atomic E-state index is 11.7. The van der Waals surface area contributed by atoms with Crippen LogP contribution in [0.1, 0.15) is 32.6 Å². The number of carbonyl (C=O) groups is 1. The van der Waals surface area contributed by atoms with E-state index in [0.29, 0.717) is 0 Å². The van der Waals surface area contributed by atoms with E-state index < -0.39 is 0 Å². The molecule has 0 amide bonds. The molecule has 1 aliphatic carbocycles. The first kappa shape index (κ1) is 10.2. The minimum atomic E-state index is -0.290. The van der Waals surface area contributed by atoms with Crippen molar-refractivity contribution < 1.29 is 4.79 Å². The zero-order valence-electron chi connectivity index (χ0n) is 9.12. The minimum absolute atomic E-state index is 0.267. The molecule has 1 aromatic carbocycles. The van der Waals surface area contributed by atoms with E-state index >= 15 is 0 Å². The van der Waals surface area contributed by atoms with E-state index in [2.05, 4.69) is 5.32 Å². The molecule has 2 heteroatoms. The van der Waals surface area contributed by atoms with Crippen LogP contribution < -0.4 is 5.32 Å². The van der Waals surface area contributed by atoms with Crippen LogP contribution in [0.5, 0.6) is 0 Å². The van der Waals surface area contributed by atoms with Gasteiger partial charge in [0.25, 0.3) is 0 Å². The number of carbonyl (C=O) groups excluding carboxylic acids is 1. The highest BCUT2D eigenvalue weighted by molar-refractivity contribution is 5.89. The average Bonchev–Trinajstić information content (AvgIpc) is 2.69. The summed E-state index contributed by atoms with van der Waals surface area (Å²) in [6, 6.07) is 10.0. The molecule has 1 fully saturated rings. The highest BCUT2D eigenvalue weighted by Gasteiger charge is 2.38. The first-order valence-corrected chi connectivity index (χ1v) is 5.57. The summed E-state index contributed by atoms with van der Waals surface area (Å²) in [6.07, 6.45) is 4.24. The quantitative estimate of drug-likeness (QED) is 0.818. The third kappa shape index (κ3) is 2.04. The lowest BCUT2D eigenvalue weighted by Crippen LogP contribution is -2.42. The van der Waals surface area contributed by atoms with Crippen molar-refractivity contribution in [2.45, 2.75) is 38.1 Å². The van der Waals surface area contributed by atoms with Gasteiger partial charge >= 0.3 is 0 Å². The van der Waals surface area contributed by atoms with Gasteiger partial charge in [-0.25, -0.2) is 0 Å². The third-order valence-corrected chi connectivity index (χ3v) is 3.29. The van der Waals surface area contributed by atoms with Gasteiger partial charge in [-0.3, -0.25) is 4.79 Å². The summed E-state index contributed by atoms with van der Waals surface area (Å²) in [5.74, 6) is 0.267. The molecule has 0 heterocycles. The number of rotatable bonds is 3. The van der Waals surface area contributed by atoms with Crippen molar-refractivity contribution >= 4 is 11.5 Å². The maximum Gasteiger partial charge on any atom is 0.155 e. The number of nitrogens with one attached hydrogen (secondary N) is 1. The number of ketones is 1. The van der Waals surface area contributed by atoms with Crippen LogP contribution in [0.2, 0.25) is 0 Å². The fraction of sp³-hybridized carbons (Fsp3) is 0.462. The van der Waals surface area contributed by atoms with Gasteiger partial charge in [0.15, 0.2) is 5.78 Å². The van der Waals surface area contributed by atoms with Gasteiger partial charge in [-0.15, -0.1) is 0 Å². The molecule has 0 atom stereocenters. The molecule has 15 heavy (non-hydrogen) atoms. The minimum Gasteiger partial charge on any atom is -0.373 e. The Labute approximate surface area is 90.7 Å². The Kier molecular flexibility index (Phi) is 2.76. The predicted molar refractivity (Wildman–Crippen MR) is 61.9 cm³/mol. The Morgan fingerprint density at radius 1 is 1.20 bits per heavy atom. The smallest absolute Gasteiger partial charge is 0.155 e. The van der Waals surface area contributed by atoms with Gasteiger partial charge in [0.05, 0.1) is 5.54 Å². The summed E-state index contributed by atoms with van der Waals surface area (Å²) < 4.78 is 0. The molecule has 1 aromatic rings. The summed E-state index contributed by atoms with van der Waals surface area (Å²) in [4.78, 5) is 11.7. The Balaban J connectivity index is 2.18. The molecule has 0 bridgehead atoms. The van der Waals surface area contributed by atoms with Gasteiger partial charge in [-0.1, -0.05) is 31.0 Å². The predicted octanol–water partition coefficient (Wildman–Crippen LogP) is 3.00. The van der Waals surface area contributed by atoms with Crippen LogP contribution in [0, 0.1) is 0 Å². The monoisotopic (exact) mass is 203 g/mol. The van der Waals surface area contributed by atoms with Crippen LogP contribution >= 0.6 is 0 Å². The summed E-state index contributed by atoms with van der Waals surface area (Å²) in [7, 11) is 0. The van der Waals surface area contributed by atoms with Crippen molar-refractivity contribution in [2.75, 3.05) is 5.32 Å². The van der Waals surface area contributed by atoms with Crippen LogP contribution in [0.25, 0.3) is 0 Å². The molecular formula is C13H17NO. The van der Waals surface area contributed by atoms with Crippen molar-refractivity contribution in [1.82, 2.24) is 0 Å². The lowest BCUT2D eigenvalue weighted by molar-refractivity contribution is -0.121. The Morgan fingerprint density at radius 3 is 2.33 bits per heavy atom. The number of para-hydroxylation sites is 1. The molecule has 1 N–H and O–H groups in total. The zero-order valence-corrected chi connectivity index (χ0v) is 9.12. The molecule has 0 aromatic heterocycles. The standard InChI is InChI=1S/C13H17NO/c1-11(15)13(9-5-6-10-13)14-12-7-3-2-4-8-12/h2-4,7-8,14H,5-6,9-10H2,1H3. The molecule has 80 valence electrons. The number of anilines is 1. The number of benzene rings is 1. The molecular weight excluding hydrogens is 186 g/mol. The fourth-order valence-electron chi connectivity index (χ4n) is 2.34. The molecule has 0 spiro atoms. The molecule has 0 aliphatic heterocycles. The van der Waals surface area contributed by atoms with Crippen molar-refractivity contribution in [3.8, 4) is 0 Å². The van der Waals surface area contributed by atoms with Crippen molar-refractivity contribution in [1.29, 1.82) is 0 Å². The lowest BCUT2D eigenvalue weighted by atomic mass is 9.92. The molecule has 2 rings (SSSR count). The number of Topliss-reactive ketones (excluding diaryl/α,β-unsaturated/α-hetero) is 1. The Hall–Kier alpha value is -1.31. The summed E-state index contributed by atoms with van der Waals surface area (Å²) in [6.45, 7) is 1.70. The van der Waals surface area contributed by atoms with Crippen molar-refractivity contribution in [3.63, 3.8) is 0 Å². The second kappa shape index (κ2) is 4.05. The lowest BCUT2D eigenvalue weighted by Gasteiger charge is -2.28. The normalized spacial score (nSPS) is 18.7. The van der Waals surface area contributed by atoms with Gasteiger partial charge in [-0.05, 0) is 31.9 Å². The van der Waals surface area contributed by atoms with Crippen molar-refractivity contribution in [3.05, 3.63) is 30.3 Å². The van der Waals surface area contributed by atoms with E-state index in [-0.39, 0.29) is 11.3 Å². The van der Waals surface area contributed by atoms with Gasteiger partial charge in [-0.2, -0.15) is 0 Å². The largest absolute Gasteiger partial charge is 0.373 e. The molecule has 2 nitrogen and oxygen atoms in total. The summed E-state index contributed by atoms with van der Waals surface area (Å²) >= 11 is 0. The van der Waals surface area contributed by atoms with Crippen LogP contribution in [0.4, 0.5) is 5.69 Å². The van der Waals surface area contributed by atoms with Gasteiger partial charge < -0.3 is 5.32 Å². The summed E-state index contributed by atoms with van der Waals surface area (Å²) in [5.41, 5.74) is 0.760. The molecule has 1 saturated carbocycles. The van der Waals surface area contributed by atoms with Gasteiger partial charge in [0, 0.05) is 5.69 Å². The molecule has 0 radical (unpaired) electrons. The number of hydrogen-bond donors (Lipinski definition) is 1. The van der Waals surface area contributed by atoms with Gasteiger partial charge in [0.2, 0.25) is 0 Å². The number of hydrogen-bond acceptors (Lipinski definition) is 2. The fourth-order valence-corrected chi connectivity index (χ4v) is 2.34. The third-order valence-electron chi connectivity index (χ3n) is 3.29. The van der Waals surface area contributed by atoms with E-state index in [1.807, 2.05) is 30.3 Å². The van der Waals surface area contributed by atoms with Crippen LogP contribution in [-0.2, 0) is 4.79 Å².